The van der Waals surface area contributed by atoms with Gasteiger partial charge in [-0.2, -0.15) is 0 Å². The molecule has 24 heavy (non-hydrogen) atoms. The number of carbonyl (C=O) groups is 1. The molecular weight excluding hydrogens is 302 g/mol. The number of hydrogen-bond donors (Lipinski definition) is 0. The zero-order valence-electron chi connectivity index (χ0n) is 14.3. The van der Waals surface area contributed by atoms with Crippen LogP contribution in [0.4, 0.5) is 0 Å². The minimum absolute atomic E-state index is 0.0975. The van der Waals surface area contributed by atoms with Crippen LogP contribution in [-0.4, -0.2) is 40.1 Å². The summed E-state index contributed by atoms with van der Waals surface area (Å²) in [5.74, 6) is 1.51. The van der Waals surface area contributed by atoms with Gasteiger partial charge in [0.1, 0.15) is 5.82 Å². The monoisotopic (exact) mass is 325 g/mol. The molecule has 1 fully saturated rings. The summed E-state index contributed by atoms with van der Waals surface area (Å²) in [7, 11) is 0. The number of hydrogen-bond acceptors (Lipinski definition) is 3. The number of amides is 1. The Morgan fingerprint density at radius 2 is 2.17 bits per heavy atom. The van der Waals surface area contributed by atoms with Gasteiger partial charge >= 0.3 is 0 Å². The fourth-order valence-corrected chi connectivity index (χ4v) is 3.69. The SMILES string of the molecule is Cc1nc2n(c1C)CCN(C(=O)c1cccc(C3CCOC3)c1)C2. The average Bonchev–Trinajstić information content (AvgIpc) is 3.23. The molecule has 0 spiro atoms. The standard InChI is InChI=1S/C19H23N3O2/c1-13-14(2)22-8-7-21(11-18(22)20-13)19(23)16-5-3-4-15(10-16)17-6-9-24-12-17/h3-5,10,17H,6-9,11-12H2,1-2H3. The number of aryl methyl sites for hydroxylation is 1. The third-order valence-electron chi connectivity index (χ3n) is 5.28. The van der Waals surface area contributed by atoms with E-state index in [4.69, 9.17) is 4.74 Å². The summed E-state index contributed by atoms with van der Waals surface area (Å²) in [6.07, 6.45) is 1.04. The van der Waals surface area contributed by atoms with Crippen LogP contribution in [0, 0.1) is 13.8 Å². The largest absolute Gasteiger partial charge is 0.381 e. The Hall–Kier alpha value is -2.14. The van der Waals surface area contributed by atoms with Crippen LogP contribution in [0.5, 0.6) is 0 Å². The lowest BCUT2D eigenvalue weighted by atomic mass is 9.96. The topological polar surface area (TPSA) is 47.4 Å². The van der Waals surface area contributed by atoms with Crippen LogP contribution >= 0.6 is 0 Å². The molecule has 0 bridgehead atoms. The molecule has 0 aliphatic carbocycles. The van der Waals surface area contributed by atoms with Gasteiger partial charge in [0.05, 0.1) is 18.8 Å². The van der Waals surface area contributed by atoms with Crippen LogP contribution < -0.4 is 0 Å². The van der Waals surface area contributed by atoms with Crippen LogP contribution in [0.1, 0.15) is 45.5 Å². The minimum Gasteiger partial charge on any atom is -0.381 e. The summed E-state index contributed by atoms with van der Waals surface area (Å²) in [5, 5.41) is 0. The van der Waals surface area contributed by atoms with Crippen LogP contribution in [0.2, 0.25) is 0 Å². The highest BCUT2D eigenvalue weighted by molar-refractivity contribution is 5.94. The molecule has 4 rings (SSSR count). The van der Waals surface area contributed by atoms with Gasteiger partial charge in [-0.3, -0.25) is 4.79 Å². The molecule has 2 aliphatic heterocycles. The summed E-state index contributed by atoms with van der Waals surface area (Å²) in [4.78, 5) is 19.4. The van der Waals surface area contributed by atoms with Gasteiger partial charge in [0, 0.05) is 36.9 Å². The maximum Gasteiger partial charge on any atom is 0.254 e. The molecule has 1 saturated heterocycles. The predicted octanol–water partition coefficient (Wildman–Crippen LogP) is 2.66. The van der Waals surface area contributed by atoms with Crippen LogP contribution in [0.25, 0.3) is 0 Å². The first-order chi connectivity index (χ1) is 11.6. The van der Waals surface area contributed by atoms with E-state index in [9.17, 15) is 4.79 Å². The lowest BCUT2D eigenvalue weighted by Crippen LogP contribution is -2.38. The van der Waals surface area contributed by atoms with E-state index in [1.54, 1.807) is 0 Å². The summed E-state index contributed by atoms with van der Waals surface area (Å²) in [6.45, 7) is 7.84. The third-order valence-corrected chi connectivity index (χ3v) is 5.28. The molecule has 2 aromatic rings. The average molecular weight is 325 g/mol. The van der Waals surface area contributed by atoms with Crippen molar-refractivity contribution in [3.8, 4) is 0 Å². The van der Waals surface area contributed by atoms with Crippen molar-refractivity contribution >= 4 is 5.91 Å². The van der Waals surface area contributed by atoms with E-state index in [2.05, 4.69) is 22.5 Å². The Kier molecular flexibility index (Phi) is 3.88. The molecule has 1 aromatic heterocycles. The van der Waals surface area contributed by atoms with Gasteiger partial charge in [0.15, 0.2) is 0 Å². The predicted molar refractivity (Wildman–Crippen MR) is 91.1 cm³/mol. The number of ether oxygens (including phenoxy) is 1. The van der Waals surface area contributed by atoms with Crippen molar-refractivity contribution in [3.05, 3.63) is 52.6 Å². The molecule has 0 saturated carbocycles. The highest BCUT2D eigenvalue weighted by Gasteiger charge is 2.25. The highest BCUT2D eigenvalue weighted by atomic mass is 16.5. The van der Waals surface area contributed by atoms with E-state index in [-0.39, 0.29) is 5.91 Å². The molecule has 0 radical (unpaired) electrons. The van der Waals surface area contributed by atoms with Crippen molar-refractivity contribution in [1.29, 1.82) is 0 Å². The van der Waals surface area contributed by atoms with E-state index in [0.717, 1.165) is 49.8 Å². The van der Waals surface area contributed by atoms with E-state index in [0.29, 0.717) is 12.5 Å². The van der Waals surface area contributed by atoms with Crippen molar-refractivity contribution in [2.75, 3.05) is 19.8 Å². The Bertz CT molecular complexity index is 775. The molecule has 0 N–H and O–H groups in total. The normalized spacial score (nSPS) is 20.2. The lowest BCUT2D eigenvalue weighted by molar-refractivity contribution is 0.0706. The zero-order valence-corrected chi connectivity index (χ0v) is 14.3. The number of benzene rings is 1. The summed E-state index contributed by atoms with van der Waals surface area (Å²) >= 11 is 0. The van der Waals surface area contributed by atoms with Crippen LogP contribution in [0.15, 0.2) is 24.3 Å². The summed E-state index contributed by atoms with van der Waals surface area (Å²) < 4.78 is 7.70. The number of rotatable bonds is 2. The van der Waals surface area contributed by atoms with E-state index in [1.165, 1.54) is 11.3 Å². The fourth-order valence-electron chi connectivity index (χ4n) is 3.69. The lowest BCUT2D eigenvalue weighted by Gasteiger charge is -2.28. The molecule has 3 heterocycles. The van der Waals surface area contributed by atoms with Gasteiger partial charge in [-0.15, -0.1) is 0 Å². The van der Waals surface area contributed by atoms with Gasteiger partial charge in [0.25, 0.3) is 5.91 Å². The van der Waals surface area contributed by atoms with Gasteiger partial charge in [-0.1, -0.05) is 12.1 Å². The Morgan fingerprint density at radius 3 is 2.96 bits per heavy atom. The van der Waals surface area contributed by atoms with E-state index >= 15 is 0 Å². The number of imidazole rings is 1. The first-order valence-corrected chi connectivity index (χ1v) is 8.63. The first kappa shape index (κ1) is 15.4. The van der Waals surface area contributed by atoms with Crippen molar-refractivity contribution in [3.63, 3.8) is 0 Å². The Balaban J connectivity index is 1.55. The smallest absolute Gasteiger partial charge is 0.254 e. The van der Waals surface area contributed by atoms with Gasteiger partial charge in [-0.25, -0.2) is 4.98 Å². The summed E-state index contributed by atoms with van der Waals surface area (Å²) in [5.41, 5.74) is 4.25. The number of nitrogens with zero attached hydrogens (tertiary/aromatic N) is 3. The number of aromatic nitrogens is 2. The van der Waals surface area contributed by atoms with Crippen LogP contribution in [0.3, 0.4) is 0 Å². The molecule has 1 amide bonds. The fraction of sp³-hybridized carbons (Fsp3) is 0.474. The second-order valence-electron chi connectivity index (χ2n) is 6.76. The van der Waals surface area contributed by atoms with Gasteiger partial charge < -0.3 is 14.2 Å². The maximum atomic E-state index is 12.9. The van der Waals surface area contributed by atoms with Crippen molar-refractivity contribution in [1.82, 2.24) is 14.5 Å². The second kappa shape index (κ2) is 6.06. The third kappa shape index (κ3) is 2.63. The molecular formula is C19H23N3O2. The van der Waals surface area contributed by atoms with Gasteiger partial charge in [-0.05, 0) is 38.0 Å². The second-order valence-corrected chi connectivity index (χ2v) is 6.76. The molecule has 1 aromatic carbocycles. The highest BCUT2D eigenvalue weighted by Crippen LogP contribution is 2.26. The maximum absolute atomic E-state index is 12.9. The minimum atomic E-state index is 0.0975. The van der Waals surface area contributed by atoms with Crippen molar-refractivity contribution < 1.29 is 9.53 Å². The zero-order chi connectivity index (χ0) is 16.7. The molecule has 1 atom stereocenters. The molecule has 5 heteroatoms. The Morgan fingerprint density at radius 1 is 1.29 bits per heavy atom. The van der Waals surface area contributed by atoms with Crippen molar-refractivity contribution in [2.24, 2.45) is 0 Å². The van der Waals surface area contributed by atoms with Gasteiger partial charge in [0.2, 0.25) is 0 Å². The molecule has 2 aliphatic rings. The van der Waals surface area contributed by atoms with Crippen molar-refractivity contribution in [2.45, 2.75) is 39.3 Å². The quantitative estimate of drug-likeness (QED) is 0.853. The molecule has 5 nitrogen and oxygen atoms in total. The van der Waals surface area contributed by atoms with Crippen LogP contribution in [-0.2, 0) is 17.8 Å². The molecule has 1 unspecified atom stereocenters. The number of fused-ring (bicyclic) bond motifs is 1. The van der Waals surface area contributed by atoms with E-state index < -0.39 is 0 Å². The van der Waals surface area contributed by atoms with E-state index in [1.807, 2.05) is 30.0 Å². The molecule has 126 valence electrons. The first-order valence-electron chi connectivity index (χ1n) is 8.63. The Labute approximate surface area is 142 Å². The summed E-state index contributed by atoms with van der Waals surface area (Å²) in [6, 6.07) is 8.05. The number of carbonyl (C=O) groups excluding carboxylic acids is 1.